The summed E-state index contributed by atoms with van der Waals surface area (Å²) in [6, 6.07) is -1.41. The van der Waals surface area contributed by atoms with Gasteiger partial charge >= 0.3 is 12.1 Å². The van der Waals surface area contributed by atoms with Crippen molar-refractivity contribution < 1.29 is 28.2 Å². The van der Waals surface area contributed by atoms with E-state index in [9.17, 15) is 18.8 Å². The maximum absolute atomic E-state index is 13.9. The molecule has 0 aromatic carbocycles. The van der Waals surface area contributed by atoms with Crippen LogP contribution in [0.5, 0.6) is 0 Å². The molecule has 8 heteroatoms. The molecule has 26 heavy (non-hydrogen) atoms. The van der Waals surface area contributed by atoms with Crippen molar-refractivity contribution >= 4 is 18.0 Å². The lowest BCUT2D eigenvalue weighted by Crippen LogP contribution is -2.50. The third-order valence-electron chi connectivity index (χ3n) is 3.85. The van der Waals surface area contributed by atoms with Gasteiger partial charge in [-0.25, -0.2) is 14.0 Å². The van der Waals surface area contributed by atoms with Crippen molar-refractivity contribution in [3.8, 4) is 0 Å². The molecule has 0 saturated carbocycles. The molecule has 2 amide bonds. The molecule has 1 aliphatic heterocycles. The number of hydrogen-bond donors (Lipinski definition) is 1. The van der Waals surface area contributed by atoms with Crippen LogP contribution in [0.25, 0.3) is 0 Å². The number of amides is 2. The van der Waals surface area contributed by atoms with E-state index in [1.165, 1.54) is 19.3 Å². The first-order valence-corrected chi connectivity index (χ1v) is 8.64. The fraction of sp³-hybridized carbons (Fsp3) is 0.722. The Morgan fingerprint density at radius 3 is 2.38 bits per heavy atom. The first kappa shape index (κ1) is 21.9. The standard InChI is InChI=1S/C18H29FN2O5/c1-11(2)13(7-8-15(22)25-6)20-16(23)14-9-12(19)10-21(14)17(24)26-18(3,4)5/h7-8,11-14H,9-10H2,1-6H3,(H,20,23)/b8-7+/t12?,13-,14?/m1/s1. The van der Waals surface area contributed by atoms with E-state index in [-0.39, 0.29) is 18.9 Å². The van der Waals surface area contributed by atoms with Crippen LogP contribution in [0.3, 0.4) is 0 Å². The Morgan fingerprint density at radius 2 is 1.88 bits per heavy atom. The second-order valence-electron chi connectivity index (χ2n) is 7.64. The molecule has 0 aromatic rings. The minimum absolute atomic E-state index is 0.0163. The third kappa shape index (κ3) is 6.65. The molecular formula is C18H29FN2O5. The van der Waals surface area contributed by atoms with E-state index in [0.717, 1.165) is 4.90 Å². The number of halogens is 1. The first-order valence-electron chi connectivity index (χ1n) is 8.64. The van der Waals surface area contributed by atoms with Crippen LogP contribution in [0.4, 0.5) is 9.18 Å². The summed E-state index contributed by atoms with van der Waals surface area (Å²) < 4.78 is 23.7. The Hall–Kier alpha value is -2.12. The molecule has 0 spiro atoms. The van der Waals surface area contributed by atoms with Gasteiger partial charge in [0.2, 0.25) is 5.91 Å². The zero-order chi connectivity index (χ0) is 20.1. The average molecular weight is 372 g/mol. The van der Waals surface area contributed by atoms with Gasteiger partial charge in [0.05, 0.1) is 19.7 Å². The smallest absolute Gasteiger partial charge is 0.411 e. The predicted octanol–water partition coefficient (Wildman–Crippen LogP) is 2.20. The molecule has 1 heterocycles. The quantitative estimate of drug-likeness (QED) is 0.591. The molecule has 1 rings (SSSR count). The SMILES string of the molecule is COC(=O)/C=C/[C@@H](NC(=O)C1CC(F)CN1C(=O)OC(C)(C)C)C(C)C. The molecule has 1 aliphatic rings. The van der Waals surface area contributed by atoms with Crippen LogP contribution in [-0.4, -0.2) is 60.4 Å². The highest BCUT2D eigenvalue weighted by molar-refractivity contribution is 5.87. The molecule has 0 radical (unpaired) electrons. The van der Waals surface area contributed by atoms with Crippen LogP contribution in [-0.2, 0) is 19.1 Å². The van der Waals surface area contributed by atoms with Crippen molar-refractivity contribution in [3.05, 3.63) is 12.2 Å². The van der Waals surface area contributed by atoms with Crippen LogP contribution in [0, 0.1) is 5.92 Å². The molecular weight excluding hydrogens is 343 g/mol. The lowest BCUT2D eigenvalue weighted by atomic mass is 10.0. The molecule has 148 valence electrons. The second kappa shape index (κ2) is 9.00. The molecule has 0 bridgehead atoms. The number of methoxy groups -OCH3 is 1. The van der Waals surface area contributed by atoms with Gasteiger partial charge in [-0.1, -0.05) is 19.9 Å². The fourth-order valence-electron chi connectivity index (χ4n) is 2.50. The number of carbonyl (C=O) groups excluding carboxylic acids is 3. The first-order chi connectivity index (χ1) is 11.9. The van der Waals surface area contributed by atoms with E-state index in [0.29, 0.717) is 0 Å². The van der Waals surface area contributed by atoms with E-state index in [2.05, 4.69) is 10.1 Å². The minimum atomic E-state index is -1.29. The largest absolute Gasteiger partial charge is 0.466 e. The average Bonchev–Trinajstić information content (AvgIpc) is 2.91. The number of carbonyl (C=O) groups is 3. The number of esters is 1. The molecule has 0 aromatic heterocycles. The number of ether oxygens (including phenoxy) is 2. The van der Waals surface area contributed by atoms with Gasteiger partial charge in [-0.15, -0.1) is 0 Å². The molecule has 1 fully saturated rings. The Kier molecular flexibility index (Phi) is 7.59. The van der Waals surface area contributed by atoms with Crippen molar-refractivity contribution in [2.75, 3.05) is 13.7 Å². The van der Waals surface area contributed by atoms with Crippen LogP contribution in [0.15, 0.2) is 12.2 Å². The van der Waals surface area contributed by atoms with Gasteiger partial charge < -0.3 is 14.8 Å². The van der Waals surface area contributed by atoms with Gasteiger partial charge in [0.15, 0.2) is 0 Å². The van der Waals surface area contributed by atoms with Gasteiger partial charge in [-0.05, 0) is 26.7 Å². The van der Waals surface area contributed by atoms with Crippen molar-refractivity contribution in [2.45, 2.75) is 64.9 Å². The summed E-state index contributed by atoms with van der Waals surface area (Å²) in [4.78, 5) is 37.3. The number of nitrogens with zero attached hydrogens (tertiary/aromatic N) is 1. The van der Waals surface area contributed by atoms with Crippen LogP contribution >= 0.6 is 0 Å². The normalized spacial score (nSPS) is 21.8. The summed E-state index contributed by atoms with van der Waals surface area (Å²) in [6.45, 7) is 8.66. The highest BCUT2D eigenvalue weighted by Gasteiger charge is 2.42. The summed E-state index contributed by atoms with van der Waals surface area (Å²) >= 11 is 0. The van der Waals surface area contributed by atoms with E-state index >= 15 is 0 Å². The van der Waals surface area contributed by atoms with Crippen molar-refractivity contribution in [1.82, 2.24) is 10.2 Å². The molecule has 0 aliphatic carbocycles. The predicted molar refractivity (Wildman–Crippen MR) is 94.2 cm³/mol. The second-order valence-corrected chi connectivity index (χ2v) is 7.64. The van der Waals surface area contributed by atoms with Crippen molar-refractivity contribution in [2.24, 2.45) is 5.92 Å². The fourth-order valence-corrected chi connectivity index (χ4v) is 2.50. The number of rotatable bonds is 5. The Bertz CT molecular complexity index is 556. The van der Waals surface area contributed by atoms with E-state index in [1.807, 2.05) is 13.8 Å². The summed E-state index contributed by atoms with van der Waals surface area (Å²) in [5.74, 6) is -1.04. The molecule has 1 saturated heterocycles. The zero-order valence-corrected chi connectivity index (χ0v) is 16.2. The summed E-state index contributed by atoms with van der Waals surface area (Å²) in [5, 5.41) is 2.76. The maximum Gasteiger partial charge on any atom is 0.411 e. The van der Waals surface area contributed by atoms with Crippen LogP contribution in [0.1, 0.15) is 41.0 Å². The van der Waals surface area contributed by atoms with Crippen LogP contribution in [0.2, 0.25) is 0 Å². The van der Waals surface area contributed by atoms with Gasteiger partial charge in [-0.3, -0.25) is 9.69 Å². The van der Waals surface area contributed by atoms with Gasteiger partial charge in [0.25, 0.3) is 0 Å². The number of likely N-dealkylation sites (tertiary alicyclic amines) is 1. The van der Waals surface area contributed by atoms with Gasteiger partial charge in [0.1, 0.15) is 17.8 Å². The zero-order valence-electron chi connectivity index (χ0n) is 16.2. The van der Waals surface area contributed by atoms with Crippen molar-refractivity contribution in [3.63, 3.8) is 0 Å². The Balaban J connectivity index is 2.85. The highest BCUT2D eigenvalue weighted by Crippen LogP contribution is 2.24. The van der Waals surface area contributed by atoms with Gasteiger partial charge in [0, 0.05) is 12.5 Å². The Morgan fingerprint density at radius 1 is 1.27 bits per heavy atom. The number of hydrogen-bond acceptors (Lipinski definition) is 5. The van der Waals surface area contributed by atoms with E-state index in [4.69, 9.17) is 4.74 Å². The minimum Gasteiger partial charge on any atom is -0.466 e. The maximum atomic E-state index is 13.9. The van der Waals surface area contributed by atoms with E-state index in [1.54, 1.807) is 20.8 Å². The third-order valence-corrected chi connectivity index (χ3v) is 3.85. The molecule has 7 nitrogen and oxygen atoms in total. The molecule has 1 N–H and O–H groups in total. The lowest BCUT2D eigenvalue weighted by molar-refractivity contribution is -0.135. The Labute approximate surface area is 153 Å². The summed E-state index contributed by atoms with van der Waals surface area (Å²) in [6.07, 6.45) is 0.652. The number of nitrogens with one attached hydrogen (secondary N) is 1. The van der Waals surface area contributed by atoms with Crippen molar-refractivity contribution in [1.29, 1.82) is 0 Å². The summed E-state index contributed by atoms with van der Waals surface area (Å²) in [5.41, 5.74) is -0.740. The highest BCUT2D eigenvalue weighted by atomic mass is 19.1. The summed E-state index contributed by atoms with van der Waals surface area (Å²) in [7, 11) is 1.26. The molecule has 2 unspecified atom stereocenters. The van der Waals surface area contributed by atoms with Crippen LogP contribution < -0.4 is 5.32 Å². The topological polar surface area (TPSA) is 84.9 Å². The number of alkyl halides is 1. The van der Waals surface area contributed by atoms with Gasteiger partial charge in [-0.2, -0.15) is 0 Å². The molecule has 3 atom stereocenters. The lowest BCUT2D eigenvalue weighted by Gasteiger charge is -2.29. The monoisotopic (exact) mass is 372 g/mol. The van der Waals surface area contributed by atoms with E-state index < -0.39 is 41.8 Å².